The lowest BCUT2D eigenvalue weighted by molar-refractivity contribution is 0.736. The van der Waals surface area contributed by atoms with Crippen LogP contribution in [0.25, 0.3) is 5.95 Å². The Morgan fingerprint density at radius 3 is 2.74 bits per heavy atom. The van der Waals surface area contributed by atoms with Crippen molar-refractivity contribution < 1.29 is 0 Å². The first-order chi connectivity index (χ1) is 9.33. The van der Waals surface area contributed by atoms with Crippen LogP contribution in [0.2, 0.25) is 0 Å². The predicted octanol–water partition coefficient (Wildman–Crippen LogP) is 0.340. The lowest BCUT2D eigenvalue weighted by Gasteiger charge is -2.07. The second-order valence-electron chi connectivity index (χ2n) is 3.90. The van der Waals surface area contributed by atoms with Crippen molar-refractivity contribution in [3.8, 4) is 5.95 Å². The Hall–Kier alpha value is -2.29. The zero-order valence-electron chi connectivity index (χ0n) is 10.7. The number of nitrogens with one attached hydrogen (secondary N) is 2. The molecule has 2 heterocycles. The Bertz CT molecular complexity index is 496. The molecule has 0 unspecified atom stereocenters. The number of rotatable bonds is 7. The molecule has 102 valence electrons. The molecule has 0 bridgehead atoms. The standard InChI is InChI=1S/C10H17N9/c1-2-3-4-5-13-8-15-9(18-11)17-10(16-8)19-7-12-6-14-19/h6-7H,2-5,11H2,1H3,(H2,13,15,16,17,18). The third kappa shape index (κ3) is 3.58. The number of nitrogens with two attached hydrogens (primary N) is 1. The van der Waals surface area contributed by atoms with E-state index in [1.54, 1.807) is 0 Å². The fourth-order valence-electron chi connectivity index (χ4n) is 1.50. The van der Waals surface area contributed by atoms with Crippen LogP contribution in [0, 0.1) is 0 Å². The molecule has 0 aliphatic heterocycles. The van der Waals surface area contributed by atoms with Crippen LogP contribution in [0.4, 0.5) is 11.9 Å². The molecule has 9 nitrogen and oxygen atoms in total. The van der Waals surface area contributed by atoms with Gasteiger partial charge in [-0.3, -0.25) is 5.43 Å². The quantitative estimate of drug-likeness (QED) is 0.371. The van der Waals surface area contributed by atoms with Gasteiger partial charge < -0.3 is 5.32 Å². The van der Waals surface area contributed by atoms with E-state index in [1.807, 2.05) is 0 Å². The smallest absolute Gasteiger partial charge is 0.258 e. The Balaban J connectivity index is 2.12. The minimum Gasteiger partial charge on any atom is -0.354 e. The highest BCUT2D eigenvalue weighted by atomic mass is 15.4. The summed E-state index contributed by atoms with van der Waals surface area (Å²) in [6, 6.07) is 0. The van der Waals surface area contributed by atoms with E-state index in [1.165, 1.54) is 23.8 Å². The zero-order chi connectivity index (χ0) is 13.5. The second-order valence-corrected chi connectivity index (χ2v) is 3.90. The number of nitrogens with zero attached hydrogens (tertiary/aromatic N) is 6. The first kappa shape index (κ1) is 13.1. The van der Waals surface area contributed by atoms with Crippen LogP contribution in [0.3, 0.4) is 0 Å². The van der Waals surface area contributed by atoms with Gasteiger partial charge in [-0.25, -0.2) is 10.8 Å². The third-order valence-electron chi connectivity index (χ3n) is 2.44. The normalized spacial score (nSPS) is 10.4. The van der Waals surface area contributed by atoms with Crippen molar-refractivity contribution in [3.63, 3.8) is 0 Å². The van der Waals surface area contributed by atoms with E-state index >= 15 is 0 Å². The van der Waals surface area contributed by atoms with Gasteiger partial charge in [0.05, 0.1) is 0 Å². The van der Waals surface area contributed by atoms with E-state index in [4.69, 9.17) is 5.84 Å². The largest absolute Gasteiger partial charge is 0.354 e. The highest BCUT2D eigenvalue weighted by Crippen LogP contribution is 2.07. The molecule has 0 saturated carbocycles. The van der Waals surface area contributed by atoms with Gasteiger partial charge in [0.2, 0.25) is 11.9 Å². The zero-order valence-corrected chi connectivity index (χ0v) is 10.7. The monoisotopic (exact) mass is 263 g/mol. The minimum atomic E-state index is 0.276. The molecule has 0 spiro atoms. The predicted molar refractivity (Wildman–Crippen MR) is 70.6 cm³/mol. The van der Waals surface area contributed by atoms with Crippen molar-refractivity contribution in [2.45, 2.75) is 26.2 Å². The van der Waals surface area contributed by atoms with Crippen molar-refractivity contribution in [1.29, 1.82) is 0 Å². The van der Waals surface area contributed by atoms with Gasteiger partial charge >= 0.3 is 0 Å². The van der Waals surface area contributed by atoms with Crippen molar-refractivity contribution in [3.05, 3.63) is 12.7 Å². The molecular weight excluding hydrogens is 246 g/mol. The van der Waals surface area contributed by atoms with Gasteiger partial charge in [0.25, 0.3) is 5.95 Å². The van der Waals surface area contributed by atoms with E-state index in [0.717, 1.165) is 19.4 Å². The molecular formula is C10H17N9. The molecule has 0 aliphatic carbocycles. The Labute approximate surface area is 110 Å². The molecule has 2 aromatic heterocycles. The first-order valence-corrected chi connectivity index (χ1v) is 6.15. The summed E-state index contributed by atoms with van der Waals surface area (Å²) in [7, 11) is 0. The van der Waals surface area contributed by atoms with Crippen LogP contribution in [0.1, 0.15) is 26.2 Å². The van der Waals surface area contributed by atoms with Gasteiger partial charge in [-0.15, -0.1) is 0 Å². The van der Waals surface area contributed by atoms with Crippen LogP contribution < -0.4 is 16.6 Å². The van der Waals surface area contributed by atoms with E-state index in [2.05, 4.69) is 42.7 Å². The molecule has 4 N–H and O–H groups in total. The van der Waals surface area contributed by atoms with Crippen LogP contribution in [0.15, 0.2) is 12.7 Å². The van der Waals surface area contributed by atoms with Crippen molar-refractivity contribution in [2.24, 2.45) is 5.84 Å². The van der Waals surface area contributed by atoms with Crippen LogP contribution in [0.5, 0.6) is 0 Å². The fourth-order valence-corrected chi connectivity index (χ4v) is 1.50. The number of hydrazine groups is 1. The summed E-state index contributed by atoms with van der Waals surface area (Å²) < 4.78 is 1.44. The lowest BCUT2D eigenvalue weighted by atomic mass is 10.2. The lowest BCUT2D eigenvalue weighted by Crippen LogP contribution is -2.16. The summed E-state index contributed by atoms with van der Waals surface area (Å²) in [5.41, 5.74) is 2.41. The van der Waals surface area contributed by atoms with Gasteiger partial charge in [0.1, 0.15) is 12.7 Å². The first-order valence-electron chi connectivity index (χ1n) is 6.15. The van der Waals surface area contributed by atoms with Gasteiger partial charge in [0, 0.05) is 6.54 Å². The van der Waals surface area contributed by atoms with E-state index in [9.17, 15) is 0 Å². The van der Waals surface area contributed by atoms with Gasteiger partial charge in [-0.05, 0) is 6.42 Å². The summed E-state index contributed by atoms with van der Waals surface area (Å²) in [5.74, 6) is 6.44. The summed E-state index contributed by atoms with van der Waals surface area (Å²) in [5, 5.41) is 7.11. The van der Waals surface area contributed by atoms with Gasteiger partial charge in [-0.1, -0.05) is 19.8 Å². The summed E-state index contributed by atoms with van der Waals surface area (Å²) >= 11 is 0. The van der Waals surface area contributed by atoms with Gasteiger partial charge in [-0.2, -0.15) is 24.7 Å². The number of unbranched alkanes of at least 4 members (excludes halogenated alkanes) is 2. The topological polar surface area (TPSA) is 119 Å². The molecule has 0 radical (unpaired) electrons. The van der Waals surface area contributed by atoms with Gasteiger partial charge in [0.15, 0.2) is 0 Å². The summed E-state index contributed by atoms with van der Waals surface area (Å²) in [6.45, 7) is 2.96. The SMILES string of the molecule is CCCCCNc1nc(NN)nc(-n2cncn2)n1. The summed E-state index contributed by atoms with van der Waals surface area (Å²) in [4.78, 5) is 16.3. The van der Waals surface area contributed by atoms with E-state index in [0.29, 0.717) is 11.9 Å². The van der Waals surface area contributed by atoms with Crippen LogP contribution in [-0.4, -0.2) is 36.3 Å². The van der Waals surface area contributed by atoms with Crippen molar-refractivity contribution >= 4 is 11.9 Å². The Kier molecular flexibility index (Phi) is 4.56. The molecule has 9 heteroatoms. The average Bonchev–Trinajstić information content (AvgIpc) is 2.97. The number of aromatic nitrogens is 6. The number of anilines is 2. The fraction of sp³-hybridized carbons (Fsp3) is 0.500. The molecule has 19 heavy (non-hydrogen) atoms. The van der Waals surface area contributed by atoms with E-state index in [-0.39, 0.29) is 5.95 Å². The average molecular weight is 263 g/mol. The Morgan fingerprint density at radius 2 is 2.05 bits per heavy atom. The maximum atomic E-state index is 5.34. The number of hydrogen-bond donors (Lipinski definition) is 3. The molecule has 0 amide bonds. The minimum absolute atomic E-state index is 0.276. The highest BCUT2D eigenvalue weighted by molar-refractivity contribution is 5.36. The van der Waals surface area contributed by atoms with Crippen LogP contribution in [-0.2, 0) is 0 Å². The maximum absolute atomic E-state index is 5.34. The number of hydrogen-bond acceptors (Lipinski definition) is 8. The molecule has 0 aromatic carbocycles. The molecule has 2 aromatic rings. The molecule has 2 rings (SSSR count). The molecule has 0 atom stereocenters. The Morgan fingerprint density at radius 1 is 1.21 bits per heavy atom. The summed E-state index contributed by atoms with van der Waals surface area (Å²) in [6.07, 6.45) is 6.31. The molecule has 0 fully saturated rings. The maximum Gasteiger partial charge on any atom is 0.258 e. The second kappa shape index (κ2) is 6.59. The third-order valence-corrected chi connectivity index (χ3v) is 2.44. The molecule has 0 saturated heterocycles. The van der Waals surface area contributed by atoms with Crippen molar-refractivity contribution in [1.82, 2.24) is 29.7 Å². The number of nitrogen functional groups attached to an aromatic ring is 1. The molecule has 0 aliphatic rings. The van der Waals surface area contributed by atoms with Crippen molar-refractivity contribution in [2.75, 3.05) is 17.3 Å². The van der Waals surface area contributed by atoms with E-state index < -0.39 is 0 Å². The van der Waals surface area contributed by atoms with Crippen LogP contribution >= 0.6 is 0 Å². The highest BCUT2D eigenvalue weighted by Gasteiger charge is 2.07.